The maximum Gasteiger partial charge on any atom is 0.0509 e. The Morgan fingerprint density at radius 1 is 1.64 bits per heavy atom. The molecule has 0 aromatic carbocycles. The van der Waals surface area contributed by atoms with Crippen LogP contribution in [0.4, 0.5) is 0 Å². The van der Waals surface area contributed by atoms with Crippen LogP contribution in [0.25, 0.3) is 0 Å². The van der Waals surface area contributed by atoms with Crippen molar-refractivity contribution in [1.29, 1.82) is 0 Å². The van der Waals surface area contributed by atoms with Gasteiger partial charge in [0.15, 0.2) is 0 Å². The van der Waals surface area contributed by atoms with E-state index in [4.69, 9.17) is 10.5 Å². The standard InChI is InChI=1S/C11H17NOS/c12-11(7-10-4-2-6-14-10)9-3-1-5-13-8-9/h2,4,6,9,11H,1,3,5,7-8,12H2. The van der Waals surface area contributed by atoms with E-state index in [1.54, 1.807) is 11.3 Å². The fourth-order valence-electron chi connectivity index (χ4n) is 1.93. The lowest BCUT2D eigenvalue weighted by atomic mass is 9.92. The molecule has 0 amide bonds. The first kappa shape index (κ1) is 10.1. The van der Waals surface area contributed by atoms with Crippen molar-refractivity contribution in [3.05, 3.63) is 22.4 Å². The largest absolute Gasteiger partial charge is 0.381 e. The Morgan fingerprint density at radius 3 is 3.21 bits per heavy atom. The molecule has 2 nitrogen and oxygen atoms in total. The average Bonchev–Trinajstić information content (AvgIpc) is 2.72. The maximum absolute atomic E-state index is 6.17. The highest BCUT2D eigenvalue weighted by molar-refractivity contribution is 7.09. The molecule has 0 spiro atoms. The maximum atomic E-state index is 6.17. The zero-order valence-electron chi connectivity index (χ0n) is 8.32. The van der Waals surface area contributed by atoms with Gasteiger partial charge in [0.2, 0.25) is 0 Å². The third kappa shape index (κ3) is 2.56. The second-order valence-corrected chi connectivity index (χ2v) is 4.96. The highest BCUT2D eigenvalue weighted by atomic mass is 32.1. The van der Waals surface area contributed by atoms with Gasteiger partial charge >= 0.3 is 0 Å². The molecule has 0 aliphatic carbocycles. The number of thiophene rings is 1. The van der Waals surface area contributed by atoms with Crippen molar-refractivity contribution in [1.82, 2.24) is 0 Å². The van der Waals surface area contributed by atoms with Crippen LogP contribution in [0.15, 0.2) is 17.5 Å². The monoisotopic (exact) mass is 211 g/mol. The van der Waals surface area contributed by atoms with E-state index in [0.717, 1.165) is 19.6 Å². The van der Waals surface area contributed by atoms with Crippen LogP contribution in [0.3, 0.4) is 0 Å². The Bertz CT molecular complexity index is 254. The van der Waals surface area contributed by atoms with Gasteiger partial charge in [-0.15, -0.1) is 11.3 Å². The molecule has 1 aliphatic heterocycles. The van der Waals surface area contributed by atoms with E-state index >= 15 is 0 Å². The summed E-state index contributed by atoms with van der Waals surface area (Å²) < 4.78 is 5.45. The normalized spacial score (nSPS) is 24.8. The van der Waals surface area contributed by atoms with Crippen LogP contribution in [0.5, 0.6) is 0 Å². The van der Waals surface area contributed by atoms with Crippen molar-refractivity contribution in [2.75, 3.05) is 13.2 Å². The molecule has 0 radical (unpaired) electrons. The van der Waals surface area contributed by atoms with Gasteiger partial charge in [-0.2, -0.15) is 0 Å². The van der Waals surface area contributed by atoms with Gasteiger partial charge < -0.3 is 10.5 Å². The molecule has 2 unspecified atom stereocenters. The zero-order chi connectivity index (χ0) is 9.80. The smallest absolute Gasteiger partial charge is 0.0509 e. The van der Waals surface area contributed by atoms with Gasteiger partial charge in [-0.1, -0.05) is 6.07 Å². The molecule has 2 atom stereocenters. The number of rotatable bonds is 3. The molecular formula is C11H17NOS. The van der Waals surface area contributed by atoms with Crippen molar-refractivity contribution >= 4 is 11.3 Å². The second kappa shape index (κ2) is 4.91. The van der Waals surface area contributed by atoms with Crippen LogP contribution < -0.4 is 5.73 Å². The van der Waals surface area contributed by atoms with Crippen LogP contribution >= 0.6 is 11.3 Å². The first-order chi connectivity index (χ1) is 6.86. The van der Waals surface area contributed by atoms with Crippen molar-refractivity contribution in [3.63, 3.8) is 0 Å². The summed E-state index contributed by atoms with van der Waals surface area (Å²) in [5, 5.41) is 2.11. The minimum atomic E-state index is 0.272. The van der Waals surface area contributed by atoms with Crippen LogP contribution in [-0.4, -0.2) is 19.3 Å². The third-order valence-electron chi connectivity index (χ3n) is 2.82. The fourth-order valence-corrected chi connectivity index (χ4v) is 2.71. The number of hydrogen-bond donors (Lipinski definition) is 1. The molecule has 1 aromatic heterocycles. The third-order valence-corrected chi connectivity index (χ3v) is 3.72. The molecule has 2 rings (SSSR count). The molecular weight excluding hydrogens is 194 g/mol. The summed E-state index contributed by atoms with van der Waals surface area (Å²) in [5.74, 6) is 0.561. The van der Waals surface area contributed by atoms with Gasteiger partial charge in [-0.05, 0) is 36.6 Å². The van der Waals surface area contributed by atoms with E-state index in [-0.39, 0.29) is 6.04 Å². The number of hydrogen-bond acceptors (Lipinski definition) is 3. The highest BCUT2D eigenvalue weighted by Crippen LogP contribution is 2.20. The van der Waals surface area contributed by atoms with E-state index < -0.39 is 0 Å². The Labute approximate surface area is 89.1 Å². The summed E-state index contributed by atoms with van der Waals surface area (Å²) in [6, 6.07) is 4.52. The first-order valence-corrected chi connectivity index (χ1v) is 6.10. The molecule has 1 aromatic rings. The molecule has 1 aliphatic rings. The summed E-state index contributed by atoms with van der Waals surface area (Å²) >= 11 is 1.79. The molecule has 3 heteroatoms. The van der Waals surface area contributed by atoms with Crippen LogP contribution in [0.1, 0.15) is 17.7 Å². The molecule has 2 heterocycles. The van der Waals surface area contributed by atoms with E-state index in [0.29, 0.717) is 5.92 Å². The predicted octanol–water partition coefficient (Wildman–Crippen LogP) is 2.04. The summed E-state index contributed by atoms with van der Waals surface area (Å²) in [4.78, 5) is 1.39. The van der Waals surface area contributed by atoms with Crippen LogP contribution in [-0.2, 0) is 11.2 Å². The van der Waals surface area contributed by atoms with Crippen molar-refractivity contribution in [2.45, 2.75) is 25.3 Å². The summed E-state index contributed by atoms with van der Waals surface area (Å²) in [7, 11) is 0. The average molecular weight is 211 g/mol. The van der Waals surface area contributed by atoms with Crippen LogP contribution in [0.2, 0.25) is 0 Å². The van der Waals surface area contributed by atoms with Gasteiger partial charge in [-0.25, -0.2) is 0 Å². The van der Waals surface area contributed by atoms with Gasteiger partial charge in [-0.3, -0.25) is 0 Å². The van der Waals surface area contributed by atoms with E-state index in [1.807, 2.05) is 0 Å². The number of nitrogens with two attached hydrogens (primary N) is 1. The lowest BCUT2D eigenvalue weighted by Crippen LogP contribution is -2.37. The lowest BCUT2D eigenvalue weighted by molar-refractivity contribution is 0.0451. The minimum Gasteiger partial charge on any atom is -0.381 e. The zero-order valence-corrected chi connectivity index (χ0v) is 9.13. The molecule has 14 heavy (non-hydrogen) atoms. The molecule has 0 saturated carbocycles. The lowest BCUT2D eigenvalue weighted by Gasteiger charge is -2.27. The number of ether oxygens (including phenoxy) is 1. The van der Waals surface area contributed by atoms with E-state index in [1.165, 1.54) is 17.7 Å². The SMILES string of the molecule is NC(Cc1cccs1)C1CCCOC1. The topological polar surface area (TPSA) is 35.2 Å². The minimum absolute atomic E-state index is 0.272. The fraction of sp³-hybridized carbons (Fsp3) is 0.636. The molecule has 1 fully saturated rings. The second-order valence-electron chi connectivity index (χ2n) is 3.92. The van der Waals surface area contributed by atoms with E-state index in [9.17, 15) is 0 Å². The molecule has 2 N–H and O–H groups in total. The van der Waals surface area contributed by atoms with Gasteiger partial charge in [0, 0.05) is 17.5 Å². The molecule has 78 valence electrons. The van der Waals surface area contributed by atoms with E-state index in [2.05, 4.69) is 17.5 Å². The summed E-state index contributed by atoms with van der Waals surface area (Å²) in [6.45, 7) is 1.77. The Kier molecular flexibility index (Phi) is 3.56. The Hall–Kier alpha value is -0.380. The van der Waals surface area contributed by atoms with Crippen molar-refractivity contribution in [2.24, 2.45) is 11.7 Å². The highest BCUT2D eigenvalue weighted by Gasteiger charge is 2.21. The summed E-state index contributed by atoms with van der Waals surface area (Å²) in [5.41, 5.74) is 6.17. The Morgan fingerprint density at radius 2 is 2.57 bits per heavy atom. The van der Waals surface area contributed by atoms with Crippen molar-refractivity contribution < 1.29 is 4.74 Å². The van der Waals surface area contributed by atoms with Crippen molar-refractivity contribution in [3.8, 4) is 0 Å². The Balaban J connectivity index is 1.85. The molecule has 0 bridgehead atoms. The quantitative estimate of drug-likeness (QED) is 0.830. The first-order valence-electron chi connectivity index (χ1n) is 5.22. The predicted molar refractivity (Wildman–Crippen MR) is 59.5 cm³/mol. The van der Waals surface area contributed by atoms with Crippen LogP contribution in [0, 0.1) is 5.92 Å². The van der Waals surface area contributed by atoms with Gasteiger partial charge in [0.25, 0.3) is 0 Å². The molecule has 1 saturated heterocycles. The summed E-state index contributed by atoms with van der Waals surface area (Å²) in [6.07, 6.45) is 3.40. The van der Waals surface area contributed by atoms with Gasteiger partial charge in [0.1, 0.15) is 0 Å². The van der Waals surface area contributed by atoms with Gasteiger partial charge in [0.05, 0.1) is 6.61 Å².